The van der Waals surface area contributed by atoms with Gasteiger partial charge >= 0.3 is 0 Å². The number of ether oxygens (including phenoxy) is 1. The third-order valence-electron chi connectivity index (χ3n) is 3.90. The van der Waals surface area contributed by atoms with Crippen molar-refractivity contribution in [3.05, 3.63) is 36.0 Å². The van der Waals surface area contributed by atoms with E-state index >= 15 is 0 Å². The Balaban J connectivity index is 1.26. The van der Waals surface area contributed by atoms with Crippen LogP contribution in [0.1, 0.15) is 30.7 Å². The molecule has 3 heterocycles. The van der Waals surface area contributed by atoms with E-state index in [1.54, 1.807) is 0 Å². The molecule has 9 heteroatoms. The van der Waals surface area contributed by atoms with Crippen LogP contribution in [-0.4, -0.2) is 39.2 Å². The largest absolute Gasteiger partial charge is 0.368 e. The molecule has 9 nitrogen and oxygen atoms in total. The Kier molecular flexibility index (Phi) is 4.40. The summed E-state index contributed by atoms with van der Waals surface area (Å²) in [6, 6.07) is 7.58. The molecule has 1 atom stereocenters. The minimum absolute atomic E-state index is 0.0994. The molecular weight excluding hydrogens is 324 g/mol. The van der Waals surface area contributed by atoms with Gasteiger partial charge in [-0.3, -0.25) is 10.1 Å². The summed E-state index contributed by atoms with van der Waals surface area (Å²) >= 11 is 0. The quantitative estimate of drug-likeness (QED) is 0.621. The minimum atomic E-state index is -0.207. The number of aromatic amines is 1. The van der Waals surface area contributed by atoms with Crippen molar-refractivity contribution in [3.63, 3.8) is 0 Å². The van der Waals surface area contributed by atoms with E-state index in [0.717, 1.165) is 30.5 Å². The normalized spacial score (nSPS) is 17.2. The number of nitrogens with one attached hydrogen (secondary N) is 3. The van der Waals surface area contributed by atoms with Crippen molar-refractivity contribution < 1.29 is 14.1 Å². The number of hydrogen-bond donors (Lipinski definition) is 3. The summed E-state index contributed by atoms with van der Waals surface area (Å²) in [5, 5.41) is 9.59. The van der Waals surface area contributed by atoms with Gasteiger partial charge in [-0.15, -0.1) is 0 Å². The summed E-state index contributed by atoms with van der Waals surface area (Å²) in [5.41, 5.74) is 1.68. The summed E-state index contributed by atoms with van der Waals surface area (Å²) in [6.07, 6.45) is 1.80. The number of carbonyl (C=O) groups is 1. The Morgan fingerprint density at radius 3 is 3.08 bits per heavy atom. The van der Waals surface area contributed by atoms with E-state index in [0.29, 0.717) is 24.2 Å². The maximum Gasteiger partial charge on any atom is 0.255 e. The predicted molar refractivity (Wildman–Crippen MR) is 88.7 cm³/mol. The smallest absolute Gasteiger partial charge is 0.255 e. The maximum atomic E-state index is 12.0. The molecule has 0 bridgehead atoms. The van der Waals surface area contributed by atoms with Crippen LogP contribution in [0.2, 0.25) is 0 Å². The predicted octanol–water partition coefficient (Wildman–Crippen LogP) is 1.53. The fourth-order valence-electron chi connectivity index (χ4n) is 2.72. The molecular formula is C16H18N6O3. The Labute approximate surface area is 143 Å². The van der Waals surface area contributed by atoms with Crippen molar-refractivity contribution in [2.75, 3.05) is 18.5 Å². The zero-order valence-electron chi connectivity index (χ0n) is 13.5. The van der Waals surface area contributed by atoms with Crippen LogP contribution in [0.3, 0.4) is 0 Å². The number of carbonyl (C=O) groups excluding carboxylic acids is 1. The molecule has 0 unspecified atom stereocenters. The third-order valence-corrected chi connectivity index (χ3v) is 3.90. The number of amides is 1. The van der Waals surface area contributed by atoms with E-state index in [2.05, 4.69) is 30.7 Å². The number of fused-ring (bicyclic) bond motifs is 1. The lowest BCUT2D eigenvalue weighted by Crippen LogP contribution is -2.28. The Morgan fingerprint density at radius 1 is 1.32 bits per heavy atom. The Bertz CT molecular complexity index is 835. The standard InChI is InChI=1S/C16H18N6O3/c23-14(21-16-18-10-4-1-2-5-11(10)19-16)9-17-8-13-20-15(25-22-13)12-6-3-7-24-12/h1-2,4-5,12,17H,3,6-9H2,(H2,18,19,21,23)/t12-/m1/s1. The van der Waals surface area contributed by atoms with Crippen LogP contribution in [-0.2, 0) is 16.1 Å². The topological polar surface area (TPSA) is 118 Å². The second kappa shape index (κ2) is 6.99. The van der Waals surface area contributed by atoms with Crippen LogP contribution < -0.4 is 10.6 Å². The van der Waals surface area contributed by atoms with Crippen LogP contribution >= 0.6 is 0 Å². The molecule has 0 aliphatic carbocycles. The summed E-state index contributed by atoms with van der Waals surface area (Å²) in [5.74, 6) is 1.22. The summed E-state index contributed by atoms with van der Waals surface area (Å²) in [6.45, 7) is 1.17. The Morgan fingerprint density at radius 2 is 2.24 bits per heavy atom. The third kappa shape index (κ3) is 3.67. The van der Waals surface area contributed by atoms with E-state index in [1.807, 2.05) is 24.3 Å². The molecule has 1 saturated heterocycles. The Hall–Kier alpha value is -2.78. The number of benzene rings is 1. The molecule has 1 amide bonds. The average molecular weight is 342 g/mol. The zero-order chi connectivity index (χ0) is 17.1. The number of aromatic nitrogens is 4. The van der Waals surface area contributed by atoms with Crippen molar-refractivity contribution in [2.24, 2.45) is 0 Å². The lowest BCUT2D eigenvalue weighted by atomic mass is 10.2. The fourth-order valence-corrected chi connectivity index (χ4v) is 2.72. The van der Waals surface area contributed by atoms with E-state index in [9.17, 15) is 4.79 Å². The van der Waals surface area contributed by atoms with Crippen molar-refractivity contribution in [1.29, 1.82) is 0 Å². The number of imidazole rings is 1. The second-order valence-electron chi connectivity index (χ2n) is 5.80. The van der Waals surface area contributed by atoms with Gasteiger partial charge in [0.1, 0.15) is 6.10 Å². The van der Waals surface area contributed by atoms with Gasteiger partial charge in [0.2, 0.25) is 11.9 Å². The molecule has 1 aliphatic rings. The van der Waals surface area contributed by atoms with E-state index in [4.69, 9.17) is 9.26 Å². The first-order valence-corrected chi connectivity index (χ1v) is 8.17. The SMILES string of the molecule is O=C(CNCc1noc([C@H]2CCCO2)n1)Nc1nc2ccccc2[nH]1. The van der Waals surface area contributed by atoms with Crippen LogP contribution in [0.4, 0.5) is 5.95 Å². The fraction of sp³-hybridized carbons (Fsp3) is 0.375. The highest BCUT2D eigenvalue weighted by Crippen LogP contribution is 2.26. The highest BCUT2D eigenvalue weighted by Gasteiger charge is 2.23. The zero-order valence-corrected chi connectivity index (χ0v) is 13.5. The van der Waals surface area contributed by atoms with Crippen LogP contribution in [0.25, 0.3) is 11.0 Å². The molecule has 1 aromatic carbocycles. The molecule has 0 saturated carbocycles. The summed E-state index contributed by atoms with van der Waals surface area (Å²) in [7, 11) is 0. The molecule has 0 radical (unpaired) electrons. The summed E-state index contributed by atoms with van der Waals surface area (Å²) in [4.78, 5) is 23.6. The summed E-state index contributed by atoms with van der Waals surface area (Å²) < 4.78 is 10.7. The van der Waals surface area contributed by atoms with Gasteiger partial charge in [0.25, 0.3) is 5.89 Å². The minimum Gasteiger partial charge on any atom is -0.368 e. The van der Waals surface area contributed by atoms with Crippen LogP contribution in [0, 0.1) is 0 Å². The molecule has 3 N–H and O–H groups in total. The molecule has 4 rings (SSSR count). The number of rotatable bonds is 6. The van der Waals surface area contributed by atoms with Gasteiger partial charge in [-0.2, -0.15) is 4.98 Å². The molecule has 1 fully saturated rings. The van der Waals surface area contributed by atoms with Crippen molar-refractivity contribution >= 4 is 22.9 Å². The van der Waals surface area contributed by atoms with Gasteiger partial charge in [0.05, 0.1) is 24.1 Å². The van der Waals surface area contributed by atoms with Crippen LogP contribution in [0.5, 0.6) is 0 Å². The molecule has 1 aliphatic heterocycles. The number of anilines is 1. The molecule has 0 spiro atoms. The average Bonchev–Trinajstić information content (AvgIpc) is 3.34. The van der Waals surface area contributed by atoms with E-state index in [-0.39, 0.29) is 18.6 Å². The molecule has 130 valence electrons. The number of nitrogens with zero attached hydrogens (tertiary/aromatic N) is 3. The van der Waals surface area contributed by atoms with Gasteiger partial charge in [-0.05, 0) is 25.0 Å². The lowest BCUT2D eigenvalue weighted by Gasteiger charge is -2.02. The first kappa shape index (κ1) is 15.7. The lowest BCUT2D eigenvalue weighted by molar-refractivity contribution is -0.115. The van der Waals surface area contributed by atoms with Crippen molar-refractivity contribution in [3.8, 4) is 0 Å². The highest BCUT2D eigenvalue weighted by molar-refractivity contribution is 5.92. The monoisotopic (exact) mass is 342 g/mol. The maximum absolute atomic E-state index is 12.0. The number of para-hydroxylation sites is 2. The van der Waals surface area contributed by atoms with E-state index in [1.165, 1.54) is 0 Å². The van der Waals surface area contributed by atoms with Crippen molar-refractivity contribution in [2.45, 2.75) is 25.5 Å². The van der Waals surface area contributed by atoms with Crippen LogP contribution in [0.15, 0.2) is 28.8 Å². The molecule has 3 aromatic rings. The van der Waals surface area contributed by atoms with Gasteiger partial charge in [-0.1, -0.05) is 17.3 Å². The van der Waals surface area contributed by atoms with Gasteiger partial charge < -0.3 is 19.6 Å². The molecule has 25 heavy (non-hydrogen) atoms. The second-order valence-corrected chi connectivity index (χ2v) is 5.80. The first-order chi connectivity index (χ1) is 12.3. The molecule has 2 aromatic heterocycles. The number of hydrogen-bond acceptors (Lipinski definition) is 7. The van der Waals surface area contributed by atoms with Gasteiger partial charge in [0.15, 0.2) is 5.82 Å². The van der Waals surface area contributed by atoms with Gasteiger partial charge in [0, 0.05) is 6.61 Å². The number of H-pyrrole nitrogens is 1. The highest BCUT2D eigenvalue weighted by atomic mass is 16.5. The van der Waals surface area contributed by atoms with Crippen molar-refractivity contribution in [1.82, 2.24) is 25.4 Å². The first-order valence-electron chi connectivity index (χ1n) is 8.17. The van der Waals surface area contributed by atoms with E-state index < -0.39 is 0 Å². The van der Waals surface area contributed by atoms with Gasteiger partial charge in [-0.25, -0.2) is 4.98 Å².